The maximum Gasteiger partial charge on any atom is 0.411 e. The second kappa shape index (κ2) is 6.45. The third kappa shape index (κ3) is 1.96. The monoisotopic (exact) mass is 439 g/mol. The molecule has 3 aliphatic heterocycles. The Morgan fingerprint density at radius 3 is 2.59 bits per heavy atom. The number of methoxy groups -OCH3 is 3. The molecule has 0 aromatic heterocycles. The van der Waals surface area contributed by atoms with Crippen molar-refractivity contribution in [3.63, 3.8) is 0 Å². The summed E-state index contributed by atoms with van der Waals surface area (Å²) in [6, 6.07) is 7.84. The summed E-state index contributed by atoms with van der Waals surface area (Å²) in [4.78, 5) is 15.0. The van der Waals surface area contributed by atoms with Crippen molar-refractivity contribution in [2.45, 2.75) is 37.0 Å². The lowest BCUT2D eigenvalue weighted by Crippen LogP contribution is -2.60. The van der Waals surface area contributed by atoms with Crippen LogP contribution in [0.3, 0.4) is 0 Å². The van der Waals surface area contributed by atoms with Crippen molar-refractivity contribution < 1.29 is 33.2 Å². The molecule has 168 valence electrons. The molecule has 8 nitrogen and oxygen atoms in total. The van der Waals surface area contributed by atoms with Gasteiger partial charge in [0, 0.05) is 24.8 Å². The number of carbonyl (C=O) groups is 1. The van der Waals surface area contributed by atoms with Crippen LogP contribution >= 0.6 is 0 Å². The van der Waals surface area contributed by atoms with E-state index in [0.29, 0.717) is 36.6 Å². The third-order valence-electron chi connectivity index (χ3n) is 7.58. The first-order valence-electron chi connectivity index (χ1n) is 10.8. The van der Waals surface area contributed by atoms with Gasteiger partial charge in [0.25, 0.3) is 0 Å². The molecule has 1 amide bonds. The molecule has 2 aromatic rings. The van der Waals surface area contributed by atoms with Gasteiger partial charge in [-0.15, -0.1) is 0 Å². The third-order valence-corrected chi connectivity index (χ3v) is 7.58. The predicted molar refractivity (Wildman–Crippen MR) is 112 cm³/mol. The smallest absolute Gasteiger partial charge is 0.411 e. The summed E-state index contributed by atoms with van der Waals surface area (Å²) in [7, 11) is 4.92. The minimum absolute atomic E-state index is 0.183. The molecule has 4 aliphatic rings. The van der Waals surface area contributed by atoms with Gasteiger partial charge in [-0.2, -0.15) is 0 Å². The van der Waals surface area contributed by atoms with Crippen molar-refractivity contribution >= 4 is 6.09 Å². The maximum absolute atomic E-state index is 13.2. The Morgan fingerprint density at radius 2 is 1.91 bits per heavy atom. The van der Waals surface area contributed by atoms with Gasteiger partial charge in [0.15, 0.2) is 29.1 Å². The lowest BCUT2D eigenvalue weighted by atomic mass is 9.67. The molecule has 32 heavy (non-hydrogen) atoms. The summed E-state index contributed by atoms with van der Waals surface area (Å²) in [6.07, 6.45) is 0.366. The number of rotatable bonds is 4. The summed E-state index contributed by atoms with van der Waals surface area (Å²) in [5.41, 5.74) is 1.95. The van der Waals surface area contributed by atoms with Crippen LogP contribution in [0.2, 0.25) is 0 Å². The van der Waals surface area contributed by atoms with E-state index in [1.807, 2.05) is 29.2 Å². The number of nitrogens with zero attached hydrogens (tertiary/aromatic N) is 1. The largest absolute Gasteiger partial charge is 0.493 e. The molecule has 2 aromatic carbocycles. The van der Waals surface area contributed by atoms with E-state index in [1.54, 1.807) is 21.3 Å². The van der Waals surface area contributed by atoms with Crippen LogP contribution in [-0.2, 0) is 27.0 Å². The Kier molecular flexibility index (Phi) is 3.94. The van der Waals surface area contributed by atoms with Gasteiger partial charge in [-0.1, -0.05) is 13.0 Å². The van der Waals surface area contributed by atoms with E-state index in [2.05, 4.69) is 6.92 Å². The van der Waals surface area contributed by atoms with Gasteiger partial charge in [-0.25, -0.2) is 4.79 Å². The molecule has 0 radical (unpaired) electrons. The second-order valence-corrected chi connectivity index (χ2v) is 8.44. The van der Waals surface area contributed by atoms with Gasteiger partial charge in [-0.3, -0.25) is 4.90 Å². The Morgan fingerprint density at radius 1 is 1.12 bits per heavy atom. The molecule has 0 unspecified atom stereocenters. The zero-order chi connectivity index (χ0) is 22.3. The zero-order valence-corrected chi connectivity index (χ0v) is 18.5. The highest BCUT2D eigenvalue weighted by Crippen LogP contribution is 2.70. The fourth-order valence-electron chi connectivity index (χ4n) is 6.42. The van der Waals surface area contributed by atoms with Crippen LogP contribution in [0.1, 0.15) is 41.7 Å². The molecular formula is C24H25NO7. The van der Waals surface area contributed by atoms with Crippen LogP contribution in [-0.4, -0.2) is 45.7 Å². The van der Waals surface area contributed by atoms with Gasteiger partial charge in [0.1, 0.15) is 11.1 Å². The fraction of sp³-hybridized carbons (Fsp3) is 0.458. The molecule has 1 aliphatic carbocycles. The van der Waals surface area contributed by atoms with Crippen LogP contribution in [0.25, 0.3) is 0 Å². The molecule has 8 heteroatoms. The zero-order valence-electron chi connectivity index (χ0n) is 18.5. The van der Waals surface area contributed by atoms with Crippen molar-refractivity contribution in [2.75, 3.05) is 34.7 Å². The van der Waals surface area contributed by atoms with Crippen LogP contribution in [0.5, 0.6) is 23.0 Å². The number of carbonyl (C=O) groups excluding carboxylic acids is 1. The van der Waals surface area contributed by atoms with E-state index in [4.69, 9.17) is 28.4 Å². The molecule has 1 saturated heterocycles. The van der Waals surface area contributed by atoms with Crippen LogP contribution in [0.4, 0.5) is 4.79 Å². The molecule has 3 heterocycles. The van der Waals surface area contributed by atoms with Gasteiger partial charge in [-0.05, 0) is 42.2 Å². The van der Waals surface area contributed by atoms with Crippen LogP contribution in [0, 0.1) is 0 Å². The molecule has 0 N–H and O–H groups in total. The quantitative estimate of drug-likeness (QED) is 0.720. The normalized spacial score (nSPS) is 28.6. The SMILES string of the molecule is CC[C@@]1(OC)c2c(ccc(OC)c2OC)[C@@H]2OC(=O)N3CCc4cc5c(cc4[C@@]231)OCO5. The Labute approximate surface area is 185 Å². The number of fused-ring (bicyclic) bond motifs is 4. The van der Waals surface area contributed by atoms with Gasteiger partial charge in [0.2, 0.25) is 6.79 Å². The van der Waals surface area contributed by atoms with Crippen molar-refractivity contribution in [3.05, 3.63) is 46.5 Å². The summed E-state index contributed by atoms with van der Waals surface area (Å²) < 4.78 is 35.4. The Bertz CT molecular complexity index is 1140. The summed E-state index contributed by atoms with van der Waals surface area (Å²) >= 11 is 0. The Hall–Kier alpha value is -3.13. The molecule has 6 rings (SSSR count). The van der Waals surface area contributed by atoms with E-state index in [0.717, 1.165) is 28.0 Å². The average molecular weight is 439 g/mol. The molecule has 1 spiro atoms. The van der Waals surface area contributed by atoms with Crippen LogP contribution in [0.15, 0.2) is 24.3 Å². The molecule has 0 bridgehead atoms. The Balaban J connectivity index is 1.73. The topological polar surface area (TPSA) is 75.7 Å². The summed E-state index contributed by atoms with van der Waals surface area (Å²) in [5, 5.41) is 0. The van der Waals surface area contributed by atoms with Crippen molar-refractivity contribution in [1.29, 1.82) is 0 Å². The molecular weight excluding hydrogens is 414 g/mol. The molecule has 0 saturated carbocycles. The first-order chi connectivity index (χ1) is 15.6. The highest BCUT2D eigenvalue weighted by atomic mass is 16.7. The van der Waals surface area contributed by atoms with Crippen molar-refractivity contribution in [1.82, 2.24) is 4.90 Å². The lowest BCUT2D eigenvalue weighted by molar-refractivity contribution is -0.137. The second-order valence-electron chi connectivity index (χ2n) is 8.44. The highest BCUT2D eigenvalue weighted by molar-refractivity contribution is 5.78. The highest BCUT2D eigenvalue weighted by Gasteiger charge is 2.75. The first-order valence-corrected chi connectivity index (χ1v) is 10.8. The number of hydrogen-bond acceptors (Lipinski definition) is 7. The maximum atomic E-state index is 13.2. The predicted octanol–water partition coefficient (Wildman–Crippen LogP) is 3.64. The van der Waals surface area contributed by atoms with Gasteiger partial charge >= 0.3 is 6.09 Å². The first kappa shape index (κ1) is 19.5. The number of amides is 1. The van der Waals surface area contributed by atoms with E-state index in [-0.39, 0.29) is 12.9 Å². The summed E-state index contributed by atoms with van der Waals surface area (Å²) in [6.45, 7) is 2.76. The molecule has 3 atom stereocenters. The van der Waals surface area contributed by atoms with Crippen molar-refractivity contribution in [2.24, 2.45) is 0 Å². The van der Waals surface area contributed by atoms with E-state index >= 15 is 0 Å². The fourth-order valence-corrected chi connectivity index (χ4v) is 6.42. The van der Waals surface area contributed by atoms with Gasteiger partial charge in [0.05, 0.1) is 14.2 Å². The molecule has 1 fully saturated rings. The van der Waals surface area contributed by atoms with E-state index < -0.39 is 17.2 Å². The van der Waals surface area contributed by atoms with E-state index in [9.17, 15) is 4.79 Å². The van der Waals surface area contributed by atoms with Crippen LogP contribution < -0.4 is 18.9 Å². The lowest BCUT2D eigenvalue weighted by Gasteiger charge is -2.51. The minimum atomic E-state index is -0.929. The number of hydrogen-bond donors (Lipinski definition) is 0. The van der Waals surface area contributed by atoms with Gasteiger partial charge < -0.3 is 28.4 Å². The van der Waals surface area contributed by atoms with E-state index in [1.165, 1.54) is 0 Å². The average Bonchev–Trinajstić information content (AvgIpc) is 3.46. The standard InChI is InChI=1S/C24H25NO7/c1-5-23(29-4)19-14(6-7-16(27-2)20(19)28-3)21-24(23)15-11-18-17(30-12-31-18)10-13(15)8-9-25(24)22(26)32-21/h6-7,10-11,21H,5,8-9,12H2,1-4H3/t21-,23+,24-/m0/s1. The summed E-state index contributed by atoms with van der Waals surface area (Å²) in [5.74, 6) is 2.60. The minimum Gasteiger partial charge on any atom is -0.493 e. The van der Waals surface area contributed by atoms with Crippen molar-refractivity contribution in [3.8, 4) is 23.0 Å². The number of benzene rings is 2. The number of ether oxygens (including phenoxy) is 6.